The number of carbonyl (C=O) groups is 3. The first-order valence-electron chi connectivity index (χ1n) is 14.5. The molecule has 0 spiro atoms. The van der Waals surface area contributed by atoms with Crippen molar-refractivity contribution in [1.29, 1.82) is 0 Å². The van der Waals surface area contributed by atoms with E-state index in [0.717, 1.165) is 27.8 Å². The van der Waals surface area contributed by atoms with Crippen LogP contribution in [-0.4, -0.2) is 50.1 Å². The molecule has 1 aliphatic rings. The number of unbranched alkanes of at least 4 members (excludes halogenated alkanes) is 1. The van der Waals surface area contributed by atoms with Gasteiger partial charge in [-0.25, -0.2) is 14.4 Å². The van der Waals surface area contributed by atoms with Gasteiger partial charge in [0.05, 0.1) is 7.11 Å². The monoisotopic (exact) mass is 588 g/mol. The Bertz CT molecular complexity index is 1350. The van der Waals surface area contributed by atoms with Gasteiger partial charge in [0.1, 0.15) is 30.6 Å². The maximum absolute atomic E-state index is 13.1. The molecule has 0 aromatic heterocycles. The maximum Gasteiger partial charge on any atom is 0.407 e. The Morgan fingerprint density at radius 3 is 2.05 bits per heavy atom. The third-order valence-corrected chi connectivity index (χ3v) is 7.05. The molecule has 0 radical (unpaired) electrons. The molecule has 43 heavy (non-hydrogen) atoms. The predicted octanol–water partition coefficient (Wildman–Crippen LogP) is 6.34. The third-order valence-electron chi connectivity index (χ3n) is 7.05. The molecule has 2 N–H and O–H groups in total. The highest BCUT2D eigenvalue weighted by Crippen LogP contribution is 2.44. The number of hydrogen-bond acceptors (Lipinski definition) is 7. The Balaban J connectivity index is 1.34. The highest BCUT2D eigenvalue weighted by molar-refractivity contribution is 5.82. The minimum Gasteiger partial charge on any atom is -0.497 e. The second-order valence-electron chi connectivity index (χ2n) is 11.4. The van der Waals surface area contributed by atoms with Crippen molar-refractivity contribution in [1.82, 2.24) is 10.6 Å². The smallest absolute Gasteiger partial charge is 0.407 e. The average Bonchev–Trinajstić information content (AvgIpc) is 3.31. The summed E-state index contributed by atoms with van der Waals surface area (Å²) >= 11 is 0. The number of methoxy groups -OCH3 is 1. The number of carbonyl (C=O) groups excluding carboxylic acids is 3. The van der Waals surface area contributed by atoms with E-state index in [-0.39, 0.29) is 19.1 Å². The van der Waals surface area contributed by atoms with Crippen LogP contribution in [0.2, 0.25) is 0 Å². The van der Waals surface area contributed by atoms with E-state index in [4.69, 9.17) is 18.9 Å². The molecule has 228 valence electrons. The lowest BCUT2D eigenvalue weighted by Crippen LogP contribution is -2.42. The van der Waals surface area contributed by atoms with Crippen LogP contribution in [0.4, 0.5) is 9.59 Å². The summed E-state index contributed by atoms with van der Waals surface area (Å²) in [6, 6.07) is 22.4. The molecule has 0 bridgehead atoms. The van der Waals surface area contributed by atoms with Gasteiger partial charge < -0.3 is 29.6 Å². The number of nitrogens with one attached hydrogen (secondary N) is 2. The van der Waals surface area contributed by atoms with E-state index >= 15 is 0 Å². The van der Waals surface area contributed by atoms with Crippen molar-refractivity contribution in [2.75, 3.05) is 20.3 Å². The second kappa shape index (κ2) is 14.6. The predicted molar refractivity (Wildman–Crippen MR) is 163 cm³/mol. The second-order valence-corrected chi connectivity index (χ2v) is 11.4. The highest BCUT2D eigenvalue weighted by Gasteiger charge is 2.30. The van der Waals surface area contributed by atoms with Gasteiger partial charge >= 0.3 is 18.2 Å². The summed E-state index contributed by atoms with van der Waals surface area (Å²) in [5.41, 5.74) is 4.67. The quantitative estimate of drug-likeness (QED) is 0.144. The van der Waals surface area contributed by atoms with Crippen LogP contribution in [0.3, 0.4) is 0 Å². The fourth-order valence-corrected chi connectivity index (χ4v) is 4.99. The summed E-state index contributed by atoms with van der Waals surface area (Å²) in [7, 11) is 1.58. The van der Waals surface area contributed by atoms with E-state index in [2.05, 4.69) is 22.8 Å². The van der Waals surface area contributed by atoms with Crippen molar-refractivity contribution in [3.8, 4) is 16.9 Å². The number of amides is 2. The summed E-state index contributed by atoms with van der Waals surface area (Å²) in [5.74, 6) is 0.0341. The van der Waals surface area contributed by atoms with Crippen LogP contribution in [0.15, 0.2) is 72.8 Å². The van der Waals surface area contributed by atoms with Gasteiger partial charge in [0.15, 0.2) is 0 Å². The van der Waals surface area contributed by atoms with Gasteiger partial charge in [-0.3, -0.25) is 0 Å². The molecule has 0 fully saturated rings. The maximum atomic E-state index is 13.1. The van der Waals surface area contributed by atoms with E-state index in [1.807, 2.05) is 48.5 Å². The van der Waals surface area contributed by atoms with Crippen LogP contribution in [0, 0.1) is 0 Å². The molecule has 0 saturated carbocycles. The number of rotatable bonds is 12. The van der Waals surface area contributed by atoms with E-state index in [0.29, 0.717) is 31.6 Å². The molecule has 2 amide bonds. The summed E-state index contributed by atoms with van der Waals surface area (Å²) in [4.78, 5) is 38.0. The number of benzene rings is 3. The van der Waals surface area contributed by atoms with Crippen molar-refractivity contribution < 1.29 is 33.3 Å². The van der Waals surface area contributed by atoms with Crippen molar-refractivity contribution in [3.63, 3.8) is 0 Å². The third kappa shape index (κ3) is 8.98. The first kappa shape index (κ1) is 31.4. The molecule has 0 saturated heterocycles. The SMILES string of the molecule is COc1ccc(COC(=O)[C@H](CCCCNC(=O)OC(C)(C)C)NC(=O)OCC2c3ccccc3-c3ccccc32)cc1. The Morgan fingerprint density at radius 2 is 1.44 bits per heavy atom. The van der Waals surface area contributed by atoms with Crippen LogP contribution >= 0.6 is 0 Å². The van der Waals surface area contributed by atoms with Crippen LogP contribution in [0.1, 0.15) is 62.6 Å². The number of esters is 1. The number of ether oxygens (including phenoxy) is 4. The standard InChI is InChI=1S/C34H40N2O7/c1-34(2,3)43-32(38)35-20-10-9-15-30(31(37)41-21-23-16-18-24(40-4)19-17-23)36-33(39)42-22-29-27-13-7-5-11-25(27)26-12-6-8-14-28(26)29/h5-8,11-14,16-19,29-30H,9-10,15,20-22H2,1-4H3,(H,35,38)(H,36,39)/t30-/m0/s1. The van der Waals surface area contributed by atoms with Crippen LogP contribution in [-0.2, 0) is 25.6 Å². The van der Waals surface area contributed by atoms with Gasteiger partial charge in [-0.15, -0.1) is 0 Å². The number of hydrogen-bond donors (Lipinski definition) is 2. The summed E-state index contributed by atoms with van der Waals surface area (Å²) in [6.07, 6.45) is 0.233. The fourth-order valence-electron chi connectivity index (χ4n) is 4.99. The fraction of sp³-hybridized carbons (Fsp3) is 0.382. The zero-order valence-electron chi connectivity index (χ0n) is 25.2. The van der Waals surface area contributed by atoms with Crippen molar-refractivity contribution in [3.05, 3.63) is 89.5 Å². The van der Waals surface area contributed by atoms with Crippen molar-refractivity contribution in [2.24, 2.45) is 0 Å². The van der Waals surface area contributed by atoms with Gasteiger partial charge in [0, 0.05) is 12.5 Å². The Labute approximate surface area is 252 Å². The van der Waals surface area contributed by atoms with E-state index in [9.17, 15) is 14.4 Å². The Kier molecular flexibility index (Phi) is 10.6. The minimum atomic E-state index is -0.921. The Hall–Kier alpha value is -4.53. The number of fused-ring (bicyclic) bond motifs is 3. The first-order chi connectivity index (χ1) is 20.6. The van der Waals surface area contributed by atoms with Gasteiger partial charge in [-0.2, -0.15) is 0 Å². The molecule has 9 heteroatoms. The summed E-state index contributed by atoms with van der Waals surface area (Å²) < 4.78 is 21.6. The molecule has 0 unspecified atom stereocenters. The van der Waals surface area contributed by atoms with Gasteiger partial charge in [-0.05, 0) is 80.0 Å². The van der Waals surface area contributed by atoms with Crippen LogP contribution in [0.25, 0.3) is 11.1 Å². The molecule has 1 aliphatic carbocycles. The van der Waals surface area contributed by atoms with Crippen molar-refractivity contribution >= 4 is 18.2 Å². The van der Waals surface area contributed by atoms with Crippen LogP contribution in [0.5, 0.6) is 5.75 Å². The molecule has 0 aliphatic heterocycles. The molecule has 3 aromatic carbocycles. The lowest BCUT2D eigenvalue weighted by atomic mass is 9.98. The lowest BCUT2D eigenvalue weighted by Gasteiger charge is -2.20. The van der Waals surface area contributed by atoms with Gasteiger partial charge in [0.2, 0.25) is 0 Å². The summed E-state index contributed by atoms with van der Waals surface area (Å²) in [5, 5.41) is 5.41. The van der Waals surface area contributed by atoms with Crippen molar-refractivity contribution in [2.45, 2.75) is 64.2 Å². The van der Waals surface area contributed by atoms with E-state index in [1.165, 1.54) is 0 Å². The molecule has 3 aromatic rings. The molecule has 1 atom stereocenters. The number of alkyl carbamates (subject to hydrolysis) is 2. The molecular weight excluding hydrogens is 548 g/mol. The zero-order chi connectivity index (χ0) is 30.8. The average molecular weight is 589 g/mol. The van der Waals surface area contributed by atoms with Gasteiger partial charge in [0.25, 0.3) is 0 Å². The normalized spacial score (nSPS) is 12.8. The van der Waals surface area contributed by atoms with E-state index < -0.39 is 29.8 Å². The highest BCUT2D eigenvalue weighted by atomic mass is 16.6. The molecule has 4 rings (SSSR count). The van der Waals surface area contributed by atoms with Crippen LogP contribution < -0.4 is 15.4 Å². The lowest BCUT2D eigenvalue weighted by molar-refractivity contribution is -0.147. The van der Waals surface area contributed by atoms with Gasteiger partial charge in [-0.1, -0.05) is 60.7 Å². The van der Waals surface area contributed by atoms with E-state index in [1.54, 1.807) is 40.0 Å². The zero-order valence-corrected chi connectivity index (χ0v) is 25.2. The first-order valence-corrected chi connectivity index (χ1v) is 14.5. The molecule has 0 heterocycles. The molecule has 9 nitrogen and oxygen atoms in total. The topological polar surface area (TPSA) is 112 Å². The summed E-state index contributed by atoms with van der Waals surface area (Å²) in [6.45, 7) is 5.93. The minimum absolute atomic E-state index is 0.0475. The molecular formula is C34H40N2O7. The Morgan fingerprint density at radius 1 is 0.814 bits per heavy atom. The largest absolute Gasteiger partial charge is 0.497 e.